The predicted molar refractivity (Wildman–Crippen MR) is 175 cm³/mol. The molecule has 4 atom stereocenters. The molecule has 45 heavy (non-hydrogen) atoms. The third-order valence-electron chi connectivity index (χ3n) is 9.15. The molecular formula is C34H40N8O3. The highest BCUT2D eigenvalue weighted by atomic mass is 16.5. The van der Waals surface area contributed by atoms with Crippen LogP contribution in [0.25, 0.3) is 10.9 Å². The van der Waals surface area contributed by atoms with Gasteiger partial charge in [-0.05, 0) is 48.1 Å². The standard InChI is InChI=1S/C34H40N8O3/c1-3-21(2)17-42-28-14-25(11-10-23(28)15-36-42)38-34-35-16-29(41-12-6-8-24(18-41)33(44)37-26-19-45-20-26)32(40-34)39-31-27-9-5-4-7-22(27)13-30(31)43/h3-5,7,9-11,14-16,21,24,26,30-31,43H,1,6,8,12-13,17-20H2,2H3,(H,37,44)(H2,35,38,39,40)/t21?,24?,30-,31+/m1/s1. The summed E-state index contributed by atoms with van der Waals surface area (Å²) >= 11 is 0. The molecule has 1 amide bonds. The van der Waals surface area contributed by atoms with Crippen LogP contribution >= 0.6 is 0 Å². The number of aliphatic hydroxyl groups is 1. The second-order valence-corrected chi connectivity index (χ2v) is 12.5. The summed E-state index contributed by atoms with van der Waals surface area (Å²) in [6.45, 7) is 9.27. The zero-order valence-corrected chi connectivity index (χ0v) is 25.5. The van der Waals surface area contributed by atoms with Gasteiger partial charge in [-0.3, -0.25) is 9.48 Å². The third kappa shape index (κ3) is 6.10. The molecule has 7 rings (SSSR count). The van der Waals surface area contributed by atoms with Gasteiger partial charge in [0.2, 0.25) is 11.9 Å². The monoisotopic (exact) mass is 608 g/mol. The van der Waals surface area contributed by atoms with Gasteiger partial charge in [-0.15, -0.1) is 6.58 Å². The van der Waals surface area contributed by atoms with Gasteiger partial charge in [0, 0.05) is 37.1 Å². The molecule has 4 aromatic rings. The van der Waals surface area contributed by atoms with E-state index < -0.39 is 6.10 Å². The van der Waals surface area contributed by atoms with Crippen molar-refractivity contribution in [1.29, 1.82) is 0 Å². The molecule has 1 aliphatic carbocycles. The summed E-state index contributed by atoms with van der Waals surface area (Å²) in [7, 11) is 0. The number of rotatable bonds is 10. The summed E-state index contributed by atoms with van der Waals surface area (Å²) in [5.74, 6) is 1.27. The highest BCUT2D eigenvalue weighted by molar-refractivity contribution is 5.83. The van der Waals surface area contributed by atoms with Crippen LogP contribution in [0.2, 0.25) is 0 Å². The van der Waals surface area contributed by atoms with Gasteiger partial charge < -0.3 is 30.7 Å². The molecule has 2 fully saturated rings. The van der Waals surface area contributed by atoms with Gasteiger partial charge in [0.05, 0.1) is 60.9 Å². The van der Waals surface area contributed by atoms with E-state index in [-0.39, 0.29) is 29.8 Å². The van der Waals surface area contributed by atoms with Crippen molar-refractivity contribution < 1.29 is 14.6 Å². The van der Waals surface area contributed by atoms with Crippen LogP contribution in [-0.2, 0) is 22.5 Å². The number of benzene rings is 2. The highest BCUT2D eigenvalue weighted by Crippen LogP contribution is 2.37. The molecule has 0 saturated carbocycles. The molecular weight excluding hydrogens is 568 g/mol. The first-order valence-electron chi connectivity index (χ1n) is 15.8. The number of aromatic nitrogens is 4. The molecule has 0 spiro atoms. The van der Waals surface area contributed by atoms with E-state index in [9.17, 15) is 9.90 Å². The average molecular weight is 609 g/mol. The topological polar surface area (TPSA) is 129 Å². The Morgan fingerprint density at radius 1 is 1.22 bits per heavy atom. The van der Waals surface area contributed by atoms with Gasteiger partial charge >= 0.3 is 0 Å². The van der Waals surface area contributed by atoms with Gasteiger partial charge in [-0.2, -0.15) is 10.1 Å². The molecule has 2 aliphatic heterocycles. The second kappa shape index (κ2) is 12.5. The first-order chi connectivity index (χ1) is 21.9. The van der Waals surface area contributed by atoms with Crippen LogP contribution < -0.4 is 20.9 Å². The normalized spacial score (nSPS) is 22.0. The maximum Gasteiger partial charge on any atom is 0.229 e. The number of ether oxygens (including phenoxy) is 1. The number of hydrogen-bond acceptors (Lipinski definition) is 9. The lowest BCUT2D eigenvalue weighted by Gasteiger charge is -2.36. The molecule has 4 heterocycles. The number of carbonyl (C=O) groups is 1. The number of fused-ring (bicyclic) bond motifs is 2. The molecule has 2 unspecified atom stereocenters. The molecule has 4 N–H and O–H groups in total. The quantitative estimate of drug-likeness (QED) is 0.196. The number of amides is 1. The Labute approximate surface area is 262 Å². The van der Waals surface area contributed by atoms with Crippen molar-refractivity contribution in [2.75, 3.05) is 41.8 Å². The number of allylic oxidation sites excluding steroid dienone is 1. The highest BCUT2D eigenvalue weighted by Gasteiger charge is 2.34. The van der Waals surface area contributed by atoms with Crippen LogP contribution in [0.15, 0.2) is 67.5 Å². The van der Waals surface area contributed by atoms with E-state index in [1.165, 1.54) is 0 Å². The van der Waals surface area contributed by atoms with Crippen molar-refractivity contribution in [2.24, 2.45) is 11.8 Å². The SMILES string of the molecule is C=CC(C)Cn1ncc2ccc(Nc3ncc(N4CCCC(C(=O)NC5COC5)C4)c(N[C@H]4c5ccccc5C[C@H]4O)n3)cc21. The van der Waals surface area contributed by atoms with Gasteiger partial charge in [0.15, 0.2) is 5.82 Å². The van der Waals surface area contributed by atoms with Crippen LogP contribution in [-0.4, -0.2) is 69.2 Å². The average Bonchev–Trinajstić information content (AvgIpc) is 3.58. The van der Waals surface area contributed by atoms with E-state index in [4.69, 9.17) is 14.7 Å². The van der Waals surface area contributed by atoms with Gasteiger partial charge in [0.1, 0.15) is 0 Å². The first kappa shape index (κ1) is 29.2. The molecule has 0 bridgehead atoms. The number of piperidine rings is 1. The minimum absolute atomic E-state index is 0.0685. The molecule has 2 aromatic heterocycles. The predicted octanol–water partition coefficient (Wildman–Crippen LogP) is 4.19. The van der Waals surface area contributed by atoms with E-state index >= 15 is 0 Å². The fourth-order valence-corrected chi connectivity index (χ4v) is 6.49. The largest absolute Gasteiger partial charge is 0.390 e. The number of nitrogens with one attached hydrogen (secondary N) is 3. The zero-order chi connectivity index (χ0) is 30.9. The van der Waals surface area contributed by atoms with Crippen LogP contribution in [0.4, 0.5) is 23.1 Å². The molecule has 0 radical (unpaired) electrons. The third-order valence-corrected chi connectivity index (χ3v) is 9.15. The van der Waals surface area contributed by atoms with E-state index in [0.717, 1.165) is 59.3 Å². The summed E-state index contributed by atoms with van der Waals surface area (Å²) < 4.78 is 7.23. The maximum atomic E-state index is 13.1. The van der Waals surface area contributed by atoms with Crippen molar-refractivity contribution in [3.05, 3.63) is 78.6 Å². The number of carbonyl (C=O) groups excluding carboxylic acids is 1. The van der Waals surface area contributed by atoms with E-state index in [2.05, 4.69) is 57.7 Å². The molecule has 11 nitrogen and oxygen atoms in total. The van der Waals surface area contributed by atoms with E-state index in [1.807, 2.05) is 47.4 Å². The fraction of sp³-hybridized carbons (Fsp3) is 0.412. The summed E-state index contributed by atoms with van der Waals surface area (Å²) in [4.78, 5) is 24.9. The maximum absolute atomic E-state index is 13.1. The van der Waals surface area contributed by atoms with E-state index in [0.29, 0.717) is 37.9 Å². The van der Waals surface area contributed by atoms with Crippen molar-refractivity contribution >= 4 is 40.0 Å². The minimum Gasteiger partial charge on any atom is -0.390 e. The molecule has 234 valence electrons. The number of nitrogens with zero attached hydrogens (tertiary/aromatic N) is 5. The van der Waals surface area contributed by atoms with Crippen molar-refractivity contribution in [2.45, 2.75) is 50.9 Å². The van der Waals surface area contributed by atoms with Crippen molar-refractivity contribution in [3.63, 3.8) is 0 Å². The Hall–Kier alpha value is -4.48. The molecule has 11 heteroatoms. The summed E-state index contributed by atoms with van der Waals surface area (Å²) in [5.41, 5.74) is 4.86. The fourth-order valence-electron chi connectivity index (χ4n) is 6.49. The van der Waals surface area contributed by atoms with Gasteiger partial charge in [0.25, 0.3) is 0 Å². The lowest BCUT2D eigenvalue weighted by Crippen LogP contribution is -2.52. The Morgan fingerprint density at radius 3 is 2.91 bits per heavy atom. The summed E-state index contributed by atoms with van der Waals surface area (Å²) in [6.07, 6.45) is 7.32. The lowest BCUT2D eigenvalue weighted by atomic mass is 9.96. The Bertz CT molecular complexity index is 1700. The lowest BCUT2D eigenvalue weighted by molar-refractivity contribution is -0.129. The zero-order valence-electron chi connectivity index (χ0n) is 25.5. The number of aliphatic hydroxyl groups excluding tert-OH is 1. The summed E-state index contributed by atoms with van der Waals surface area (Å²) in [5, 5.41) is 26.8. The molecule has 2 saturated heterocycles. The van der Waals surface area contributed by atoms with Crippen molar-refractivity contribution in [3.8, 4) is 0 Å². The Morgan fingerprint density at radius 2 is 2.09 bits per heavy atom. The second-order valence-electron chi connectivity index (χ2n) is 12.5. The number of anilines is 4. The van der Waals surface area contributed by atoms with Gasteiger partial charge in [-0.25, -0.2) is 4.98 Å². The molecule has 2 aromatic carbocycles. The summed E-state index contributed by atoms with van der Waals surface area (Å²) in [6, 6.07) is 14.0. The van der Waals surface area contributed by atoms with Crippen LogP contribution in [0.5, 0.6) is 0 Å². The number of hydrogen-bond donors (Lipinski definition) is 4. The Balaban J connectivity index is 1.18. The minimum atomic E-state index is -0.591. The van der Waals surface area contributed by atoms with E-state index in [1.54, 1.807) is 0 Å². The smallest absolute Gasteiger partial charge is 0.229 e. The van der Waals surface area contributed by atoms with Crippen molar-refractivity contribution in [1.82, 2.24) is 25.1 Å². The first-order valence-corrected chi connectivity index (χ1v) is 15.8. The molecule has 3 aliphatic rings. The van der Waals surface area contributed by atoms with Crippen LogP contribution in [0.3, 0.4) is 0 Å². The Kier molecular flexibility index (Phi) is 8.12. The van der Waals surface area contributed by atoms with Crippen LogP contribution in [0, 0.1) is 11.8 Å². The van der Waals surface area contributed by atoms with Gasteiger partial charge in [-0.1, -0.05) is 37.3 Å². The van der Waals surface area contributed by atoms with Crippen LogP contribution in [0.1, 0.15) is 36.9 Å².